The predicted molar refractivity (Wildman–Crippen MR) is 65.5 cm³/mol. The van der Waals surface area contributed by atoms with E-state index in [1.54, 1.807) is 24.0 Å². The Labute approximate surface area is 101 Å². The average Bonchev–Trinajstić information content (AvgIpc) is 2.63. The molecule has 0 saturated heterocycles. The molecule has 3 N–H and O–H groups in total. The summed E-state index contributed by atoms with van der Waals surface area (Å²) in [6, 6.07) is 1.88. The van der Waals surface area contributed by atoms with Gasteiger partial charge in [-0.1, -0.05) is 19.3 Å². The number of aryl methyl sites for hydroxylation is 1. The lowest BCUT2D eigenvalue weighted by Crippen LogP contribution is -2.47. The standard InChI is InChI=1S/C12H20N4O/c1-16-8-7-11(15-16)12(17)14-10-6-4-2-3-5-9(10)13/h7-10H,2-6,13H2,1H3,(H,14,17). The van der Waals surface area contributed by atoms with Crippen LogP contribution >= 0.6 is 0 Å². The van der Waals surface area contributed by atoms with Crippen LogP contribution in [0.25, 0.3) is 0 Å². The van der Waals surface area contributed by atoms with Crippen LogP contribution < -0.4 is 11.1 Å². The molecule has 1 aliphatic rings. The number of nitrogens with one attached hydrogen (secondary N) is 1. The van der Waals surface area contributed by atoms with Gasteiger partial charge in [0.05, 0.1) is 0 Å². The van der Waals surface area contributed by atoms with E-state index in [0.717, 1.165) is 25.7 Å². The van der Waals surface area contributed by atoms with Crippen molar-refractivity contribution in [2.75, 3.05) is 0 Å². The van der Waals surface area contributed by atoms with E-state index in [4.69, 9.17) is 5.73 Å². The quantitative estimate of drug-likeness (QED) is 0.746. The van der Waals surface area contributed by atoms with Gasteiger partial charge in [0, 0.05) is 25.3 Å². The lowest BCUT2D eigenvalue weighted by Gasteiger charge is -2.22. The summed E-state index contributed by atoms with van der Waals surface area (Å²) in [6.07, 6.45) is 7.25. The molecule has 17 heavy (non-hydrogen) atoms. The van der Waals surface area contributed by atoms with Gasteiger partial charge in [-0.05, 0) is 18.9 Å². The highest BCUT2D eigenvalue weighted by molar-refractivity contribution is 5.92. The summed E-state index contributed by atoms with van der Waals surface area (Å²) >= 11 is 0. The van der Waals surface area contributed by atoms with E-state index in [9.17, 15) is 4.79 Å². The molecule has 1 saturated carbocycles. The van der Waals surface area contributed by atoms with Crippen molar-refractivity contribution in [1.29, 1.82) is 0 Å². The van der Waals surface area contributed by atoms with Crippen molar-refractivity contribution in [2.24, 2.45) is 12.8 Å². The normalized spacial score (nSPS) is 25.3. The van der Waals surface area contributed by atoms with Gasteiger partial charge in [-0.25, -0.2) is 0 Å². The Bertz CT molecular complexity index is 388. The maximum Gasteiger partial charge on any atom is 0.272 e. The predicted octanol–water partition coefficient (Wildman–Crippen LogP) is 0.810. The first-order valence-electron chi connectivity index (χ1n) is 6.23. The first-order chi connectivity index (χ1) is 8.16. The van der Waals surface area contributed by atoms with E-state index >= 15 is 0 Å². The minimum atomic E-state index is -0.118. The van der Waals surface area contributed by atoms with Crippen molar-refractivity contribution in [3.8, 4) is 0 Å². The Morgan fingerprint density at radius 1 is 1.47 bits per heavy atom. The third-order valence-electron chi connectivity index (χ3n) is 3.33. The number of hydrogen-bond acceptors (Lipinski definition) is 3. The van der Waals surface area contributed by atoms with Crippen molar-refractivity contribution in [3.63, 3.8) is 0 Å². The fourth-order valence-electron chi connectivity index (χ4n) is 2.29. The minimum Gasteiger partial charge on any atom is -0.346 e. The summed E-state index contributed by atoms with van der Waals surface area (Å²) in [5.74, 6) is -0.118. The van der Waals surface area contributed by atoms with Gasteiger partial charge < -0.3 is 11.1 Å². The summed E-state index contributed by atoms with van der Waals surface area (Å²) in [7, 11) is 1.80. The second-order valence-corrected chi connectivity index (χ2v) is 4.76. The number of nitrogens with two attached hydrogens (primary N) is 1. The van der Waals surface area contributed by atoms with Crippen LogP contribution in [0.1, 0.15) is 42.6 Å². The minimum absolute atomic E-state index is 0.0742. The van der Waals surface area contributed by atoms with E-state index in [-0.39, 0.29) is 18.0 Å². The van der Waals surface area contributed by atoms with Gasteiger partial charge in [0.15, 0.2) is 0 Å². The van der Waals surface area contributed by atoms with Gasteiger partial charge in [0.25, 0.3) is 5.91 Å². The Morgan fingerprint density at radius 3 is 2.94 bits per heavy atom. The van der Waals surface area contributed by atoms with Gasteiger partial charge in [0.1, 0.15) is 5.69 Å². The van der Waals surface area contributed by atoms with Crippen LogP contribution in [0.4, 0.5) is 0 Å². The van der Waals surface area contributed by atoms with Crippen molar-refractivity contribution in [1.82, 2.24) is 15.1 Å². The molecule has 1 heterocycles. The van der Waals surface area contributed by atoms with E-state index in [0.29, 0.717) is 5.69 Å². The third-order valence-corrected chi connectivity index (χ3v) is 3.33. The topological polar surface area (TPSA) is 72.9 Å². The number of amides is 1. The van der Waals surface area contributed by atoms with E-state index < -0.39 is 0 Å². The number of aromatic nitrogens is 2. The van der Waals surface area contributed by atoms with Gasteiger partial charge in [-0.2, -0.15) is 5.10 Å². The number of rotatable bonds is 2. The van der Waals surface area contributed by atoms with Crippen LogP contribution in [-0.4, -0.2) is 27.8 Å². The number of carbonyl (C=O) groups excluding carboxylic acids is 1. The molecule has 0 aliphatic heterocycles. The molecule has 2 atom stereocenters. The van der Waals surface area contributed by atoms with Gasteiger partial charge in [-0.3, -0.25) is 9.48 Å². The molecule has 0 aromatic carbocycles. The van der Waals surface area contributed by atoms with Crippen LogP contribution in [0.15, 0.2) is 12.3 Å². The second kappa shape index (κ2) is 5.31. The number of carbonyl (C=O) groups is 1. The Kier molecular flexibility index (Phi) is 3.78. The first-order valence-corrected chi connectivity index (χ1v) is 6.23. The van der Waals surface area contributed by atoms with Crippen molar-refractivity contribution < 1.29 is 4.79 Å². The zero-order valence-corrected chi connectivity index (χ0v) is 10.2. The highest BCUT2D eigenvalue weighted by Gasteiger charge is 2.23. The van der Waals surface area contributed by atoms with E-state index in [2.05, 4.69) is 10.4 Å². The molecule has 1 aliphatic carbocycles. The molecule has 1 aromatic heterocycles. The van der Waals surface area contributed by atoms with Crippen LogP contribution in [0.2, 0.25) is 0 Å². The molecular weight excluding hydrogens is 216 g/mol. The molecule has 5 heteroatoms. The van der Waals surface area contributed by atoms with Crippen molar-refractivity contribution in [2.45, 2.75) is 44.2 Å². The fourth-order valence-corrected chi connectivity index (χ4v) is 2.29. The largest absolute Gasteiger partial charge is 0.346 e. The summed E-state index contributed by atoms with van der Waals surface area (Å²) in [5.41, 5.74) is 6.53. The molecule has 1 amide bonds. The summed E-state index contributed by atoms with van der Waals surface area (Å²) < 4.78 is 1.63. The second-order valence-electron chi connectivity index (χ2n) is 4.76. The zero-order chi connectivity index (χ0) is 12.3. The molecule has 0 spiro atoms. The lowest BCUT2D eigenvalue weighted by molar-refractivity contribution is 0.0923. The lowest BCUT2D eigenvalue weighted by atomic mass is 10.0. The van der Waals surface area contributed by atoms with Gasteiger partial charge in [0.2, 0.25) is 0 Å². The van der Waals surface area contributed by atoms with Gasteiger partial charge in [-0.15, -0.1) is 0 Å². The number of nitrogens with zero attached hydrogens (tertiary/aromatic N) is 2. The van der Waals surface area contributed by atoms with E-state index in [1.165, 1.54) is 6.42 Å². The first kappa shape index (κ1) is 12.1. The van der Waals surface area contributed by atoms with Crippen LogP contribution in [0.5, 0.6) is 0 Å². The molecule has 94 valence electrons. The Balaban J connectivity index is 1.97. The zero-order valence-electron chi connectivity index (χ0n) is 10.2. The van der Waals surface area contributed by atoms with Crippen molar-refractivity contribution in [3.05, 3.63) is 18.0 Å². The highest BCUT2D eigenvalue weighted by Crippen LogP contribution is 2.17. The fraction of sp³-hybridized carbons (Fsp3) is 0.667. The molecule has 1 aromatic rings. The molecule has 5 nitrogen and oxygen atoms in total. The molecular formula is C12H20N4O. The summed E-state index contributed by atoms with van der Waals surface area (Å²) in [6.45, 7) is 0. The smallest absolute Gasteiger partial charge is 0.272 e. The van der Waals surface area contributed by atoms with Crippen LogP contribution in [0, 0.1) is 0 Å². The maximum absolute atomic E-state index is 11.9. The molecule has 1 fully saturated rings. The van der Waals surface area contributed by atoms with Crippen molar-refractivity contribution >= 4 is 5.91 Å². The van der Waals surface area contributed by atoms with Crippen LogP contribution in [0.3, 0.4) is 0 Å². The maximum atomic E-state index is 11.9. The van der Waals surface area contributed by atoms with Gasteiger partial charge >= 0.3 is 0 Å². The Hall–Kier alpha value is -1.36. The molecule has 0 radical (unpaired) electrons. The summed E-state index contributed by atoms with van der Waals surface area (Å²) in [4.78, 5) is 11.9. The molecule has 0 bridgehead atoms. The van der Waals surface area contributed by atoms with E-state index in [1.807, 2.05) is 0 Å². The molecule has 2 rings (SSSR count). The highest BCUT2D eigenvalue weighted by atomic mass is 16.2. The monoisotopic (exact) mass is 236 g/mol. The average molecular weight is 236 g/mol. The number of hydrogen-bond donors (Lipinski definition) is 2. The third kappa shape index (κ3) is 3.06. The van der Waals surface area contributed by atoms with Crippen LogP contribution in [-0.2, 0) is 7.05 Å². The SMILES string of the molecule is Cn1ccc(C(=O)NC2CCCCCC2N)n1. The molecule has 2 unspecified atom stereocenters. The summed E-state index contributed by atoms with van der Waals surface area (Å²) in [5, 5.41) is 7.09. The Morgan fingerprint density at radius 2 is 2.24 bits per heavy atom.